The molecule has 0 atom stereocenters. The van der Waals surface area contributed by atoms with Gasteiger partial charge in [0.05, 0.1) is 0 Å². The molecule has 2 aromatic rings. The Labute approximate surface area is 117 Å². The number of nitrogens with two attached hydrogens (primary N) is 1. The van der Waals surface area contributed by atoms with Crippen LogP contribution in [0.3, 0.4) is 0 Å². The van der Waals surface area contributed by atoms with Crippen LogP contribution in [0.1, 0.15) is 27.0 Å². The number of hydrogen-bond acceptors (Lipinski definition) is 2. The highest BCUT2D eigenvalue weighted by molar-refractivity contribution is 5.94. The molecule has 0 aliphatic rings. The zero-order valence-electron chi connectivity index (χ0n) is 11.3. The number of nitrogens with one attached hydrogen (secondary N) is 1. The molecule has 1 amide bonds. The van der Waals surface area contributed by atoms with Gasteiger partial charge in [0, 0.05) is 18.7 Å². The lowest BCUT2D eigenvalue weighted by molar-refractivity contribution is 0.0950. The van der Waals surface area contributed by atoms with Gasteiger partial charge in [-0.2, -0.15) is 0 Å². The molecule has 20 heavy (non-hydrogen) atoms. The molecule has 0 aromatic heterocycles. The van der Waals surface area contributed by atoms with Crippen molar-refractivity contribution in [2.45, 2.75) is 20.0 Å². The third-order valence-electron chi connectivity index (χ3n) is 3.02. The normalized spacial score (nSPS) is 10.3. The van der Waals surface area contributed by atoms with E-state index < -0.39 is 5.82 Å². The molecule has 104 valence electrons. The first-order valence-electron chi connectivity index (χ1n) is 6.42. The van der Waals surface area contributed by atoms with E-state index in [0.29, 0.717) is 18.7 Å². The third-order valence-corrected chi connectivity index (χ3v) is 3.02. The van der Waals surface area contributed by atoms with Crippen molar-refractivity contribution in [2.75, 3.05) is 0 Å². The summed E-state index contributed by atoms with van der Waals surface area (Å²) in [4.78, 5) is 11.9. The lowest BCUT2D eigenvalue weighted by atomic mass is 10.1. The van der Waals surface area contributed by atoms with Crippen LogP contribution < -0.4 is 11.1 Å². The van der Waals surface area contributed by atoms with Crippen LogP contribution in [0.5, 0.6) is 0 Å². The summed E-state index contributed by atoms with van der Waals surface area (Å²) in [7, 11) is 0. The van der Waals surface area contributed by atoms with Gasteiger partial charge in [-0.05, 0) is 41.8 Å². The molecule has 0 fully saturated rings. The second-order valence-corrected chi connectivity index (χ2v) is 4.72. The molecular weight excluding hydrogens is 255 g/mol. The minimum Gasteiger partial charge on any atom is -0.348 e. The number of rotatable bonds is 4. The zero-order valence-corrected chi connectivity index (χ0v) is 11.3. The Hall–Kier alpha value is -2.20. The van der Waals surface area contributed by atoms with Gasteiger partial charge >= 0.3 is 0 Å². The average molecular weight is 272 g/mol. The average Bonchev–Trinajstić information content (AvgIpc) is 2.44. The Bertz CT molecular complexity index is 588. The summed E-state index contributed by atoms with van der Waals surface area (Å²) >= 11 is 0. The number of hydrogen-bond donors (Lipinski definition) is 2. The Morgan fingerprint density at radius 1 is 1.15 bits per heavy atom. The SMILES string of the molecule is Cc1cc(F)cc(C(=O)NCc2ccc(CN)cc2)c1. The van der Waals surface area contributed by atoms with Crippen LogP contribution in [-0.2, 0) is 13.1 Å². The molecule has 3 N–H and O–H groups in total. The maximum absolute atomic E-state index is 13.2. The molecule has 0 heterocycles. The Morgan fingerprint density at radius 3 is 2.40 bits per heavy atom. The van der Waals surface area contributed by atoms with Crippen molar-refractivity contribution in [3.05, 3.63) is 70.5 Å². The lowest BCUT2D eigenvalue weighted by Gasteiger charge is -2.07. The van der Waals surface area contributed by atoms with Gasteiger partial charge in [0.1, 0.15) is 5.82 Å². The summed E-state index contributed by atoms with van der Waals surface area (Å²) in [6.45, 7) is 2.65. The molecule has 0 spiro atoms. The fraction of sp³-hybridized carbons (Fsp3) is 0.188. The van der Waals surface area contributed by atoms with Crippen LogP contribution in [0.4, 0.5) is 4.39 Å². The van der Waals surface area contributed by atoms with E-state index in [2.05, 4.69) is 5.32 Å². The van der Waals surface area contributed by atoms with Crippen molar-refractivity contribution in [1.82, 2.24) is 5.32 Å². The van der Waals surface area contributed by atoms with Crippen molar-refractivity contribution in [3.8, 4) is 0 Å². The van der Waals surface area contributed by atoms with Gasteiger partial charge in [-0.15, -0.1) is 0 Å². The van der Waals surface area contributed by atoms with Gasteiger partial charge in [-0.1, -0.05) is 24.3 Å². The largest absolute Gasteiger partial charge is 0.348 e. The summed E-state index contributed by atoms with van der Waals surface area (Å²) in [5, 5.41) is 2.77. The highest BCUT2D eigenvalue weighted by Gasteiger charge is 2.07. The second-order valence-electron chi connectivity index (χ2n) is 4.72. The third kappa shape index (κ3) is 3.65. The lowest BCUT2D eigenvalue weighted by Crippen LogP contribution is -2.23. The first-order valence-corrected chi connectivity index (χ1v) is 6.42. The van der Waals surface area contributed by atoms with Crippen LogP contribution in [0.2, 0.25) is 0 Å². The van der Waals surface area contributed by atoms with E-state index in [1.807, 2.05) is 24.3 Å². The molecule has 2 rings (SSSR count). The van der Waals surface area contributed by atoms with E-state index in [0.717, 1.165) is 16.7 Å². The van der Waals surface area contributed by atoms with Crippen LogP contribution in [0.25, 0.3) is 0 Å². The standard InChI is InChI=1S/C16H17FN2O/c1-11-6-14(8-15(17)7-11)16(20)19-10-13-4-2-12(9-18)3-5-13/h2-8H,9-10,18H2,1H3,(H,19,20). The number of benzene rings is 2. The second kappa shape index (κ2) is 6.30. The molecule has 2 aromatic carbocycles. The predicted octanol–water partition coefficient (Wildman–Crippen LogP) is 2.52. The highest BCUT2D eigenvalue weighted by atomic mass is 19.1. The quantitative estimate of drug-likeness (QED) is 0.898. The maximum Gasteiger partial charge on any atom is 0.251 e. The molecule has 0 unspecified atom stereocenters. The summed E-state index contributed by atoms with van der Waals surface area (Å²) in [6.07, 6.45) is 0. The van der Waals surface area contributed by atoms with E-state index in [4.69, 9.17) is 5.73 Å². The van der Waals surface area contributed by atoms with Gasteiger partial charge in [-0.3, -0.25) is 4.79 Å². The van der Waals surface area contributed by atoms with Gasteiger partial charge < -0.3 is 11.1 Å². The first-order chi connectivity index (χ1) is 9.58. The number of amides is 1. The summed E-state index contributed by atoms with van der Waals surface area (Å²) < 4.78 is 13.2. The van der Waals surface area contributed by atoms with Crippen molar-refractivity contribution >= 4 is 5.91 Å². The van der Waals surface area contributed by atoms with E-state index in [1.54, 1.807) is 13.0 Å². The van der Waals surface area contributed by atoms with Gasteiger partial charge in [0.15, 0.2) is 0 Å². The van der Waals surface area contributed by atoms with Crippen molar-refractivity contribution in [1.29, 1.82) is 0 Å². The van der Waals surface area contributed by atoms with Crippen LogP contribution in [0.15, 0.2) is 42.5 Å². The Balaban J connectivity index is 2.00. The van der Waals surface area contributed by atoms with Crippen molar-refractivity contribution in [3.63, 3.8) is 0 Å². The Morgan fingerprint density at radius 2 is 1.80 bits per heavy atom. The minimum absolute atomic E-state index is 0.282. The van der Waals surface area contributed by atoms with Crippen LogP contribution in [0, 0.1) is 12.7 Å². The van der Waals surface area contributed by atoms with E-state index in [1.165, 1.54) is 12.1 Å². The fourth-order valence-corrected chi connectivity index (χ4v) is 1.95. The van der Waals surface area contributed by atoms with Crippen molar-refractivity contribution in [2.24, 2.45) is 5.73 Å². The molecule has 0 aliphatic heterocycles. The molecule has 0 radical (unpaired) electrons. The minimum atomic E-state index is -0.401. The number of aryl methyl sites for hydroxylation is 1. The molecule has 4 heteroatoms. The van der Waals surface area contributed by atoms with Gasteiger partial charge in [-0.25, -0.2) is 4.39 Å². The highest BCUT2D eigenvalue weighted by Crippen LogP contribution is 2.09. The smallest absolute Gasteiger partial charge is 0.251 e. The topological polar surface area (TPSA) is 55.1 Å². The summed E-state index contributed by atoms with van der Waals surface area (Å²) in [5.74, 6) is -0.682. The summed E-state index contributed by atoms with van der Waals surface area (Å²) in [6, 6.07) is 12.0. The summed E-state index contributed by atoms with van der Waals surface area (Å²) in [5.41, 5.74) is 8.60. The monoisotopic (exact) mass is 272 g/mol. The number of carbonyl (C=O) groups is 1. The van der Waals surface area contributed by atoms with Crippen molar-refractivity contribution < 1.29 is 9.18 Å². The van der Waals surface area contributed by atoms with Crippen LogP contribution in [-0.4, -0.2) is 5.91 Å². The van der Waals surface area contributed by atoms with E-state index >= 15 is 0 Å². The molecule has 3 nitrogen and oxygen atoms in total. The predicted molar refractivity (Wildman–Crippen MR) is 76.6 cm³/mol. The molecule has 0 saturated heterocycles. The van der Waals surface area contributed by atoms with Gasteiger partial charge in [0.25, 0.3) is 5.91 Å². The number of halogens is 1. The number of carbonyl (C=O) groups excluding carboxylic acids is 1. The Kier molecular flexibility index (Phi) is 4.48. The van der Waals surface area contributed by atoms with Crippen LogP contribution >= 0.6 is 0 Å². The molecular formula is C16H17FN2O. The van der Waals surface area contributed by atoms with Gasteiger partial charge in [0.2, 0.25) is 0 Å². The molecule has 0 saturated carbocycles. The first kappa shape index (κ1) is 14.2. The molecule has 0 bridgehead atoms. The van der Waals surface area contributed by atoms with E-state index in [-0.39, 0.29) is 5.91 Å². The zero-order chi connectivity index (χ0) is 14.5. The maximum atomic E-state index is 13.2. The molecule has 0 aliphatic carbocycles. The fourth-order valence-electron chi connectivity index (χ4n) is 1.95. The van der Waals surface area contributed by atoms with E-state index in [9.17, 15) is 9.18 Å².